The Morgan fingerprint density at radius 2 is 2.00 bits per heavy atom. The fourth-order valence-electron chi connectivity index (χ4n) is 3.15. The highest BCUT2D eigenvalue weighted by Crippen LogP contribution is 2.38. The minimum absolute atomic E-state index is 0.499. The monoisotopic (exact) mass is 255 g/mol. The molecule has 1 aliphatic carbocycles. The van der Waals surface area contributed by atoms with Gasteiger partial charge in [0.2, 0.25) is 0 Å². The average Bonchev–Trinajstić information content (AvgIpc) is 2.25. The van der Waals surface area contributed by atoms with E-state index >= 15 is 0 Å². The van der Waals surface area contributed by atoms with Crippen molar-refractivity contribution in [1.29, 1.82) is 0 Å². The van der Waals surface area contributed by atoms with Crippen LogP contribution in [0.25, 0.3) is 0 Å². The first-order valence-electron chi connectivity index (χ1n) is 7.69. The predicted octanol–water partition coefficient (Wildman–Crippen LogP) is 3.85. The maximum atomic E-state index is 5.61. The highest BCUT2D eigenvalue weighted by Gasteiger charge is 2.33. The van der Waals surface area contributed by atoms with Crippen molar-refractivity contribution in [2.75, 3.05) is 13.2 Å². The molecule has 3 unspecified atom stereocenters. The molecule has 1 N–H and O–H groups in total. The Kier molecular flexibility index (Phi) is 6.13. The van der Waals surface area contributed by atoms with Gasteiger partial charge >= 0.3 is 0 Å². The summed E-state index contributed by atoms with van der Waals surface area (Å²) < 4.78 is 5.61. The van der Waals surface area contributed by atoms with Gasteiger partial charge in [0, 0.05) is 18.7 Å². The Hall–Kier alpha value is -0.0800. The summed E-state index contributed by atoms with van der Waals surface area (Å²) in [5.74, 6) is 1.41. The van der Waals surface area contributed by atoms with E-state index in [1.54, 1.807) is 0 Å². The molecule has 0 aromatic heterocycles. The zero-order chi connectivity index (χ0) is 13.8. The fourth-order valence-corrected chi connectivity index (χ4v) is 3.15. The standard InChI is InChI=1S/C16H33NO/c1-7-18-11-15(12(2)3)17-14-8-9-16(5,6)10-13(14)4/h12-15,17H,7-11H2,1-6H3. The van der Waals surface area contributed by atoms with Crippen LogP contribution in [0.3, 0.4) is 0 Å². The normalized spacial score (nSPS) is 29.5. The first-order valence-corrected chi connectivity index (χ1v) is 7.69. The van der Waals surface area contributed by atoms with E-state index in [1.165, 1.54) is 19.3 Å². The topological polar surface area (TPSA) is 21.3 Å². The highest BCUT2D eigenvalue weighted by atomic mass is 16.5. The largest absolute Gasteiger partial charge is 0.380 e. The van der Waals surface area contributed by atoms with Crippen LogP contribution in [-0.2, 0) is 4.74 Å². The first kappa shape index (κ1) is 16.0. The average molecular weight is 255 g/mol. The summed E-state index contributed by atoms with van der Waals surface area (Å²) in [5.41, 5.74) is 0.533. The van der Waals surface area contributed by atoms with Crippen LogP contribution in [0.15, 0.2) is 0 Å². The van der Waals surface area contributed by atoms with Crippen LogP contribution in [0.2, 0.25) is 0 Å². The number of hydrogen-bond donors (Lipinski definition) is 1. The number of rotatable bonds is 6. The summed E-state index contributed by atoms with van der Waals surface area (Å²) in [4.78, 5) is 0. The summed E-state index contributed by atoms with van der Waals surface area (Å²) >= 11 is 0. The van der Waals surface area contributed by atoms with Gasteiger partial charge in [0.05, 0.1) is 6.61 Å². The van der Waals surface area contributed by atoms with Crippen LogP contribution in [0.4, 0.5) is 0 Å². The Morgan fingerprint density at radius 1 is 1.33 bits per heavy atom. The molecule has 1 fully saturated rings. The smallest absolute Gasteiger partial charge is 0.0622 e. The van der Waals surface area contributed by atoms with E-state index in [4.69, 9.17) is 4.74 Å². The lowest BCUT2D eigenvalue weighted by molar-refractivity contribution is 0.0815. The minimum Gasteiger partial charge on any atom is -0.380 e. The maximum absolute atomic E-state index is 5.61. The summed E-state index contributed by atoms with van der Waals surface area (Å²) in [6, 6.07) is 1.17. The van der Waals surface area contributed by atoms with Crippen LogP contribution in [0.5, 0.6) is 0 Å². The number of ether oxygens (including phenoxy) is 1. The van der Waals surface area contributed by atoms with Crippen molar-refractivity contribution in [3.8, 4) is 0 Å². The molecule has 2 nitrogen and oxygen atoms in total. The second-order valence-corrected chi connectivity index (χ2v) is 7.17. The molecule has 3 atom stereocenters. The molecular weight excluding hydrogens is 222 g/mol. The Bertz CT molecular complexity index is 237. The predicted molar refractivity (Wildman–Crippen MR) is 78.8 cm³/mol. The lowest BCUT2D eigenvalue weighted by Gasteiger charge is -2.41. The van der Waals surface area contributed by atoms with Crippen molar-refractivity contribution in [3.05, 3.63) is 0 Å². The van der Waals surface area contributed by atoms with Gasteiger partial charge < -0.3 is 10.1 Å². The van der Waals surface area contributed by atoms with Crippen LogP contribution in [0.1, 0.15) is 60.8 Å². The molecule has 0 spiro atoms. The van der Waals surface area contributed by atoms with E-state index in [0.717, 1.165) is 19.1 Å². The highest BCUT2D eigenvalue weighted by molar-refractivity contribution is 4.89. The van der Waals surface area contributed by atoms with E-state index in [2.05, 4.69) is 46.9 Å². The molecule has 0 aliphatic heterocycles. The van der Waals surface area contributed by atoms with Crippen LogP contribution in [-0.4, -0.2) is 25.3 Å². The third-order valence-corrected chi connectivity index (χ3v) is 4.43. The summed E-state index contributed by atoms with van der Waals surface area (Å²) in [7, 11) is 0. The Morgan fingerprint density at radius 3 is 2.50 bits per heavy atom. The number of hydrogen-bond acceptors (Lipinski definition) is 2. The second kappa shape index (κ2) is 6.91. The van der Waals surface area contributed by atoms with Gasteiger partial charge in [-0.25, -0.2) is 0 Å². The van der Waals surface area contributed by atoms with Gasteiger partial charge in [0.25, 0.3) is 0 Å². The van der Waals surface area contributed by atoms with Crippen molar-refractivity contribution in [1.82, 2.24) is 5.32 Å². The Labute approximate surface area is 114 Å². The summed E-state index contributed by atoms with van der Waals surface area (Å²) in [6.07, 6.45) is 3.99. The lowest BCUT2D eigenvalue weighted by atomic mass is 9.70. The van der Waals surface area contributed by atoms with Crippen LogP contribution >= 0.6 is 0 Å². The molecule has 0 heterocycles. The van der Waals surface area contributed by atoms with Gasteiger partial charge in [0.15, 0.2) is 0 Å². The van der Waals surface area contributed by atoms with E-state index in [0.29, 0.717) is 23.4 Å². The molecule has 0 saturated heterocycles. The van der Waals surface area contributed by atoms with E-state index in [-0.39, 0.29) is 0 Å². The molecule has 2 heteroatoms. The van der Waals surface area contributed by atoms with Crippen molar-refractivity contribution in [2.24, 2.45) is 17.3 Å². The lowest BCUT2D eigenvalue weighted by Crippen LogP contribution is -2.49. The molecule has 18 heavy (non-hydrogen) atoms. The molecule has 0 bridgehead atoms. The van der Waals surface area contributed by atoms with Crippen molar-refractivity contribution in [2.45, 2.75) is 72.9 Å². The Balaban J connectivity index is 2.49. The van der Waals surface area contributed by atoms with Gasteiger partial charge in [-0.05, 0) is 43.4 Å². The second-order valence-electron chi connectivity index (χ2n) is 7.17. The van der Waals surface area contributed by atoms with Gasteiger partial charge in [0.1, 0.15) is 0 Å². The van der Waals surface area contributed by atoms with Gasteiger partial charge in [-0.2, -0.15) is 0 Å². The van der Waals surface area contributed by atoms with E-state index in [1.807, 2.05) is 0 Å². The molecule has 0 radical (unpaired) electrons. The zero-order valence-electron chi connectivity index (χ0n) is 13.3. The minimum atomic E-state index is 0.499. The molecular formula is C16H33NO. The van der Waals surface area contributed by atoms with Gasteiger partial charge in [-0.3, -0.25) is 0 Å². The molecule has 1 saturated carbocycles. The van der Waals surface area contributed by atoms with Crippen LogP contribution in [0, 0.1) is 17.3 Å². The van der Waals surface area contributed by atoms with E-state index < -0.39 is 0 Å². The summed E-state index contributed by atoms with van der Waals surface area (Å²) in [5, 5.41) is 3.85. The number of nitrogens with one attached hydrogen (secondary N) is 1. The van der Waals surface area contributed by atoms with Gasteiger partial charge in [-0.1, -0.05) is 34.6 Å². The molecule has 108 valence electrons. The zero-order valence-corrected chi connectivity index (χ0v) is 13.3. The van der Waals surface area contributed by atoms with E-state index in [9.17, 15) is 0 Å². The first-order chi connectivity index (χ1) is 8.35. The SMILES string of the molecule is CCOCC(NC1CCC(C)(C)CC1C)C(C)C. The maximum Gasteiger partial charge on any atom is 0.0622 e. The van der Waals surface area contributed by atoms with Crippen LogP contribution < -0.4 is 5.32 Å². The van der Waals surface area contributed by atoms with Crippen molar-refractivity contribution < 1.29 is 4.74 Å². The van der Waals surface area contributed by atoms with Crippen molar-refractivity contribution in [3.63, 3.8) is 0 Å². The summed E-state index contributed by atoms with van der Waals surface area (Å²) in [6.45, 7) is 15.5. The quantitative estimate of drug-likeness (QED) is 0.778. The van der Waals surface area contributed by atoms with Crippen molar-refractivity contribution >= 4 is 0 Å². The molecule has 0 aromatic rings. The molecule has 0 aromatic carbocycles. The third kappa shape index (κ3) is 4.89. The molecule has 1 rings (SSSR count). The molecule has 0 amide bonds. The fraction of sp³-hybridized carbons (Fsp3) is 1.00. The molecule has 1 aliphatic rings. The van der Waals surface area contributed by atoms with Gasteiger partial charge in [-0.15, -0.1) is 0 Å². The third-order valence-electron chi connectivity index (χ3n) is 4.43.